The van der Waals surface area contributed by atoms with Crippen molar-refractivity contribution in [3.63, 3.8) is 0 Å². The van der Waals surface area contributed by atoms with Crippen molar-refractivity contribution < 1.29 is 29.0 Å². The lowest BCUT2D eigenvalue weighted by atomic mass is 9.86. The van der Waals surface area contributed by atoms with Crippen molar-refractivity contribution in [3.05, 3.63) is 75.3 Å². The van der Waals surface area contributed by atoms with Gasteiger partial charge in [0.1, 0.15) is 5.75 Å². The van der Waals surface area contributed by atoms with Crippen molar-refractivity contribution in [3.8, 4) is 5.75 Å². The molecule has 0 radical (unpaired) electrons. The molecule has 10 heteroatoms. The molecule has 2 atom stereocenters. The number of carbonyl (C=O) groups is 3. The van der Waals surface area contributed by atoms with E-state index in [0.717, 1.165) is 38.1 Å². The molecule has 36 heavy (non-hydrogen) atoms. The molecule has 2 unspecified atom stereocenters. The summed E-state index contributed by atoms with van der Waals surface area (Å²) in [6, 6.07) is 9.78. The molecule has 2 bridgehead atoms. The molecular formula is C26H24Cl2N2O6. The number of carbonyl (C=O) groups excluding carboxylic acids is 3. The number of aromatic hydroxyl groups is 1. The van der Waals surface area contributed by atoms with E-state index in [1.54, 1.807) is 30.3 Å². The Balaban J connectivity index is 1.67. The maximum absolute atomic E-state index is 14.0. The third-order valence-corrected chi connectivity index (χ3v) is 7.49. The van der Waals surface area contributed by atoms with Crippen molar-refractivity contribution in [2.24, 2.45) is 0 Å². The quantitative estimate of drug-likeness (QED) is 0.603. The molecule has 3 aliphatic rings. The van der Waals surface area contributed by atoms with Gasteiger partial charge >= 0.3 is 11.9 Å². The highest BCUT2D eigenvalue weighted by Crippen LogP contribution is 2.45. The van der Waals surface area contributed by atoms with E-state index in [2.05, 4.69) is 4.90 Å². The molecule has 1 saturated heterocycles. The molecule has 0 aromatic heterocycles. The molecule has 0 saturated carbocycles. The van der Waals surface area contributed by atoms with Crippen LogP contribution in [-0.4, -0.2) is 58.6 Å². The number of ether oxygens (including phenoxy) is 2. The van der Waals surface area contributed by atoms with E-state index in [1.807, 2.05) is 0 Å². The Hall–Kier alpha value is -3.07. The molecule has 3 heterocycles. The highest BCUT2D eigenvalue weighted by atomic mass is 35.5. The number of phenols is 1. The van der Waals surface area contributed by atoms with Gasteiger partial charge < -0.3 is 14.6 Å². The number of hydrogen-bond donors (Lipinski definition) is 1. The number of fused-ring (bicyclic) bond motifs is 4. The number of nitrogens with zero attached hydrogens (tertiary/aromatic N) is 2. The number of halogens is 2. The predicted octanol–water partition coefficient (Wildman–Crippen LogP) is 3.56. The average molecular weight is 531 g/mol. The van der Waals surface area contributed by atoms with Gasteiger partial charge in [0.2, 0.25) is 11.6 Å². The summed E-state index contributed by atoms with van der Waals surface area (Å²) in [5, 5.41) is 11.4. The molecule has 0 spiro atoms. The van der Waals surface area contributed by atoms with E-state index in [1.165, 1.54) is 11.0 Å². The molecule has 2 aromatic carbocycles. The Morgan fingerprint density at radius 3 is 2.56 bits per heavy atom. The summed E-state index contributed by atoms with van der Waals surface area (Å²) in [5.41, 5.74) is -0.105. The predicted molar refractivity (Wildman–Crippen MR) is 131 cm³/mol. The van der Waals surface area contributed by atoms with Crippen LogP contribution in [0.25, 0.3) is 0 Å². The van der Waals surface area contributed by atoms with E-state index in [-0.39, 0.29) is 25.1 Å². The molecule has 1 amide bonds. The molecule has 2 aromatic rings. The van der Waals surface area contributed by atoms with Crippen molar-refractivity contribution >= 4 is 41.0 Å². The molecule has 0 aliphatic carbocycles. The fourth-order valence-corrected chi connectivity index (χ4v) is 5.52. The standard InChI is InChI=1S/C26H24Cl2N2O6/c27-19-7-6-16(12-20(19)28)13-22(32)30-23-14-17-18(4-3-5-21(17)31)26(30,15-29-10-1-2-11-29)36-25(34)9-8-24(33)35-23/h3-9,12,23,31H,1-2,10-11,13-15H2/b9-8-. The Labute approximate surface area is 218 Å². The van der Waals surface area contributed by atoms with Crippen molar-refractivity contribution in [2.45, 2.75) is 37.6 Å². The Morgan fingerprint density at radius 2 is 1.81 bits per heavy atom. The topological polar surface area (TPSA) is 96.4 Å². The van der Waals surface area contributed by atoms with Crippen molar-refractivity contribution in [1.82, 2.24) is 9.80 Å². The van der Waals surface area contributed by atoms with Crippen LogP contribution in [0.15, 0.2) is 48.6 Å². The fourth-order valence-electron chi connectivity index (χ4n) is 5.20. The number of likely N-dealkylation sites (tertiary alicyclic amines) is 1. The van der Waals surface area contributed by atoms with Gasteiger partial charge in [-0.1, -0.05) is 41.4 Å². The zero-order valence-electron chi connectivity index (χ0n) is 19.3. The average Bonchev–Trinajstić information content (AvgIpc) is 3.34. The molecule has 3 aliphatic heterocycles. The Kier molecular flexibility index (Phi) is 6.68. The highest BCUT2D eigenvalue weighted by Gasteiger charge is 2.55. The fraction of sp³-hybridized carbons (Fsp3) is 0.346. The van der Waals surface area contributed by atoms with Gasteiger partial charge in [-0.15, -0.1) is 0 Å². The van der Waals surface area contributed by atoms with E-state index in [9.17, 15) is 19.5 Å². The minimum Gasteiger partial charge on any atom is -0.508 e. The van der Waals surface area contributed by atoms with Crippen LogP contribution in [0.2, 0.25) is 10.0 Å². The van der Waals surface area contributed by atoms with Gasteiger partial charge in [0, 0.05) is 29.7 Å². The van der Waals surface area contributed by atoms with E-state index >= 15 is 0 Å². The van der Waals surface area contributed by atoms with Gasteiger partial charge in [0.05, 0.1) is 23.0 Å². The number of benzene rings is 2. The van der Waals surface area contributed by atoms with E-state index < -0.39 is 29.8 Å². The third kappa shape index (κ3) is 4.56. The maximum Gasteiger partial charge on any atom is 0.333 e. The minimum atomic E-state index is -1.64. The SMILES string of the molecule is O=C1/C=C\C(=O)OC2(CN3CCCC3)c3cccc(O)c3CC(O1)N2C(=O)Cc1ccc(Cl)c(Cl)c1. The number of hydrogen-bond acceptors (Lipinski definition) is 7. The Bertz CT molecular complexity index is 1260. The first kappa shape index (κ1) is 24.6. The number of rotatable bonds is 4. The number of phenolic OH excluding ortho intramolecular Hbond substituents is 1. The van der Waals surface area contributed by atoms with Crippen LogP contribution in [0.4, 0.5) is 0 Å². The first-order chi connectivity index (χ1) is 17.3. The lowest BCUT2D eigenvalue weighted by molar-refractivity contribution is -0.226. The van der Waals surface area contributed by atoms with Gasteiger partial charge in [-0.25, -0.2) is 9.59 Å². The second-order valence-electron chi connectivity index (χ2n) is 9.11. The lowest BCUT2D eigenvalue weighted by Gasteiger charge is -2.50. The normalized spacial score (nSPS) is 24.7. The lowest BCUT2D eigenvalue weighted by Crippen LogP contribution is -2.64. The largest absolute Gasteiger partial charge is 0.508 e. The van der Waals surface area contributed by atoms with Crippen molar-refractivity contribution in [1.29, 1.82) is 0 Å². The van der Waals surface area contributed by atoms with E-state index in [0.29, 0.717) is 26.7 Å². The van der Waals surface area contributed by atoms with E-state index in [4.69, 9.17) is 32.7 Å². The third-order valence-electron chi connectivity index (χ3n) is 6.75. The monoisotopic (exact) mass is 530 g/mol. The molecular weight excluding hydrogens is 507 g/mol. The van der Waals surface area contributed by atoms with Gasteiger partial charge in [-0.3, -0.25) is 14.6 Å². The smallest absolute Gasteiger partial charge is 0.333 e. The summed E-state index contributed by atoms with van der Waals surface area (Å²) in [4.78, 5) is 42.9. The Morgan fingerprint density at radius 1 is 1.06 bits per heavy atom. The summed E-state index contributed by atoms with van der Waals surface area (Å²) in [5.74, 6) is -2.05. The maximum atomic E-state index is 14.0. The van der Waals surface area contributed by atoms with Gasteiger partial charge in [0.15, 0.2) is 6.23 Å². The second-order valence-corrected chi connectivity index (χ2v) is 9.92. The molecule has 1 fully saturated rings. The highest BCUT2D eigenvalue weighted by molar-refractivity contribution is 6.42. The summed E-state index contributed by atoms with van der Waals surface area (Å²) in [6.07, 6.45) is 2.72. The molecule has 5 rings (SSSR count). The number of esters is 2. The van der Waals surface area contributed by atoms with Crippen LogP contribution >= 0.6 is 23.2 Å². The van der Waals surface area contributed by atoms with Crippen LogP contribution in [0.5, 0.6) is 5.75 Å². The minimum absolute atomic E-state index is 0.0285. The van der Waals surface area contributed by atoms with Crippen LogP contribution in [0.3, 0.4) is 0 Å². The van der Waals surface area contributed by atoms with Crippen LogP contribution in [0, 0.1) is 0 Å². The molecule has 8 nitrogen and oxygen atoms in total. The molecule has 1 N–H and O–H groups in total. The molecule has 188 valence electrons. The van der Waals surface area contributed by atoms with Crippen molar-refractivity contribution in [2.75, 3.05) is 19.6 Å². The second kappa shape index (κ2) is 9.76. The summed E-state index contributed by atoms with van der Waals surface area (Å²) < 4.78 is 11.8. The van der Waals surface area contributed by atoms with Gasteiger partial charge in [0.25, 0.3) is 0 Å². The van der Waals surface area contributed by atoms with Crippen LogP contribution in [-0.2, 0) is 42.4 Å². The van der Waals surface area contributed by atoms with Gasteiger partial charge in [-0.2, -0.15) is 0 Å². The van der Waals surface area contributed by atoms with Crippen LogP contribution in [0.1, 0.15) is 29.5 Å². The zero-order chi connectivity index (χ0) is 25.4. The number of amides is 1. The van der Waals surface area contributed by atoms with Gasteiger partial charge in [-0.05, 0) is 49.7 Å². The van der Waals surface area contributed by atoms with Crippen LogP contribution < -0.4 is 0 Å². The summed E-state index contributed by atoms with van der Waals surface area (Å²) in [7, 11) is 0. The first-order valence-corrected chi connectivity index (χ1v) is 12.4. The first-order valence-electron chi connectivity index (χ1n) is 11.7. The zero-order valence-corrected chi connectivity index (χ0v) is 20.8. The summed E-state index contributed by atoms with van der Waals surface area (Å²) >= 11 is 12.2. The summed E-state index contributed by atoms with van der Waals surface area (Å²) in [6.45, 7) is 1.66.